The van der Waals surface area contributed by atoms with Crippen molar-refractivity contribution in [1.29, 1.82) is 0 Å². The second-order valence-corrected chi connectivity index (χ2v) is 4.28. The van der Waals surface area contributed by atoms with Crippen LogP contribution in [0.25, 0.3) is 0 Å². The summed E-state index contributed by atoms with van der Waals surface area (Å²) in [7, 11) is 0. The number of ether oxygens (including phenoxy) is 1. The van der Waals surface area contributed by atoms with Gasteiger partial charge in [-0.05, 0) is 30.2 Å². The van der Waals surface area contributed by atoms with E-state index in [1.807, 2.05) is 43.5 Å². The molecule has 0 saturated carbocycles. The Bertz CT molecular complexity index is 520. The number of rotatable bonds is 6. The lowest BCUT2D eigenvalue weighted by molar-refractivity contribution is 0.322. The average molecular weight is 253 g/mol. The van der Waals surface area contributed by atoms with Crippen LogP contribution in [0.4, 0.5) is 0 Å². The molecule has 2 nitrogen and oxygen atoms in total. The molecule has 0 bridgehead atoms. The highest BCUT2D eigenvalue weighted by molar-refractivity contribution is 5.80. The molecular weight excluding hydrogens is 234 g/mol. The molecule has 0 aliphatic rings. The molecular formula is C17H19NO. The molecule has 0 aliphatic carbocycles. The predicted octanol–water partition coefficient (Wildman–Crippen LogP) is 3.75. The number of benzene rings is 2. The minimum Gasteiger partial charge on any atom is -0.493 e. The van der Waals surface area contributed by atoms with Crippen LogP contribution in [0.2, 0.25) is 0 Å². The fourth-order valence-corrected chi connectivity index (χ4v) is 1.81. The Hall–Kier alpha value is -2.09. The number of aliphatic imine (C=N–C) groups is 1. The summed E-state index contributed by atoms with van der Waals surface area (Å²) in [5, 5.41) is 0. The van der Waals surface area contributed by atoms with Crippen LogP contribution < -0.4 is 4.74 Å². The maximum atomic E-state index is 5.77. The van der Waals surface area contributed by atoms with Crippen molar-refractivity contribution >= 4 is 6.21 Å². The quantitative estimate of drug-likeness (QED) is 0.718. The van der Waals surface area contributed by atoms with E-state index in [4.69, 9.17) is 4.74 Å². The van der Waals surface area contributed by atoms with Crippen molar-refractivity contribution < 1.29 is 4.74 Å². The van der Waals surface area contributed by atoms with Gasteiger partial charge in [-0.1, -0.05) is 42.5 Å². The summed E-state index contributed by atoms with van der Waals surface area (Å²) in [5.74, 6) is 0.899. The second-order valence-electron chi connectivity index (χ2n) is 4.28. The zero-order valence-electron chi connectivity index (χ0n) is 11.3. The van der Waals surface area contributed by atoms with Crippen LogP contribution >= 0.6 is 0 Å². The summed E-state index contributed by atoms with van der Waals surface area (Å²) in [4.78, 5) is 4.23. The van der Waals surface area contributed by atoms with Crippen LogP contribution in [0.1, 0.15) is 18.1 Å². The van der Waals surface area contributed by atoms with Gasteiger partial charge in [-0.2, -0.15) is 0 Å². The summed E-state index contributed by atoms with van der Waals surface area (Å²) in [6.45, 7) is 3.52. The monoisotopic (exact) mass is 253 g/mol. The SMILES string of the molecule is CC/N=C/c1cccc(OCCc2ccccc2)c1. The second kappa shape index (κ2) is 7.37. The summed E-state index contributed by atoms with van der Waals surface area (Å²) in [6, 6.07) is 18.4. The first kappa shape index (κ1) is 13.3. The lowest BCUT2D eigenvalue weighted by Gasteiger charge is -2.06. The molecule has 0 fully saturated rings. The molecule has 0 saturated heterocycles. The van der Waals surface area contributed by atoms with Crippen molar-refractivity contribution in [1.82, 2.24) is 0 Å². The third-order valence-electron chi connectivity index (χ3n) is 2.78. The highest BCUT2D eigenvalue weighted by atomic mass is 16.5. The Labute approximate surface area is 114 Å². The maximum Gasteiger partial charge on any atom is 0.119 e. The van der Waals surface area contributed by atoms with Crippen molar-refractivity contribution in [2.75, 3.05) is 13.2 Å². The van der Waals surface area contributed by atoms with Crippen molar-refractivity contribution in [3.8, 4) is 5.75 Å². The molecule has 2 rings (SSSR count). The molecule has 0 atom stereocenters. The predicted molar refractivity (Wildman–Crippen MR) is 80.2 cm³/mol. The summed E-state index contributed by atoms with van der Waals surface area (Å²) in [5.41, 5.74) is 2.38. The Morgan fingerprint density at radius 2 is 1.89 bits per heavy atom. The molecule has 2 aromatic carbocycles. The van der Waals surface area contributed by atoms with Gasteiger partial charge in [0, 0.05) is 19.2 Å². The molecule has 0 amide bonds. The highest BCUT2D eigenvalue weighted by Gasteiger charge is 1.96. The first-order chi connectivity index (χ1) is 9.38. The van der Waals surface area contributed by atoms with E-state index in [1.165, 1.54) is 5.56 Å². The summed E-state index contributed by atoms with van der Waals surface area (Å²) in [6.07, 6.45) is 2.80. The standard InChI is InChI=1S/C17H19NO/c1-2-18-14-16-9-6-10-17(13-16)19-12-11-15-7-4-3-5-8-15/h3-10,13-14H,2,11-12H2,1H3/b18-14+. The summed E-state index contributed by atoms with van der Waals surface area (Å²) >= 11 is 0. The first-order valence-corrected chi connectivity index (χ1v) is 6.65. The van der Waals surface area contributed by atoms with E-state index in [0.717, 1.165) is 24.3 Å². The smallest absolute Gasteiger partial charge is 0.119 e. The van der Waals surface area contributed by atoms with Gasteiger partial charge in [-0.25, -0.2) is 0 Å². The molecule has 2 aromatic rings. The largest absolute Gasteiger partial charge is 0.493 e. The minimum absolute atomic E-state index is 0.693. The summed E-state index contributed by atoms with van der Waals surface area (Å²) < 4.78 is 5.77. The van der Waals surface area contributed by atoms with Crippen LogP contribution in [-0.4, -0.2) is 19.4 Å². The average Bonchev–Trinajstić information content (AvgIpc) is 2.47. The minimum atomic E-state index is 0.693. The first-order valence-electron chi connectivity index (χ1n) is 6.65. The van der Waals surface area contributed by atoms with Gasteiger partial charge in [0.1, 0.15) is 5.75 Å². The Kier molecular flexibility index (Phi) is 5.17. The van der Waals surface area contributed by atoms with E-state index in [2.05, 4.69) is 29.3 Å². The molecule has 0 heterocycles. The van der Waals surface area contributed by atoms with E-state index in [9.17, 15) is 0 Å². The normalized spacial score (nSPS) is 10.8. The molecule has 0 spiro atoms. The lowest BCUT2D eigenvalue weighted by atomic mass is 10.2. The molecule has 0 radical (unpaired) electrons. The van der Waals surface area contributed by atoms with Gasteiger partial charge in [-0.15, -0.1) is 0 Å². The fourth-order valence-electron chi connectivity index (χ4n) is 1.81. The number of hydrogen-bond donors (Lipinski definition) is 0. The Morgan fingerprint density at radius 3 is 2.68 bits per heavy atom. The maximum absolute atomic E-state index is 5.77. The highest BCUT2D eigenvalue weighted by Crippen LogP contribution is 2.12. The molecule has 0 unspecified atom stereocenters. The molecule has 0 aliphatic heterocycles. The van der Waals surface area contributed by atoms with Gasteiger partial charge in [0.15, 0.2) is 0 Å². The van der Waals surface area contributed by atoms with Crippen molar-refractivity contribution in [3.05, 3.63) is 65.7 Å². The van der Waals surface area contributed by atoms with Crippen LogP contribution in [-0.2, 0) is 6.42 Å². The van der Waals surface area contributed by atoms with E-state index < -0.39 is 0 Å². The van der Waals surface area contributed by atoms with Gasteiger partial charge in [0.2, 0.25) is 0 Å². The van der Waals surface area contributed by atoms with Crippen molar-refractivity contribution in [2.24, 2.45) is 4.99 Å². The number of hydrogen-bond acceptors (Lipinski definition) is 2. The number of nitrogens with zero attached hydrogens (tertiary/aromatic N) is 1. The van der Waals surface area contributed by atoms with E-state index in [1.54, 1.807) is 0 Å². The van der Waals surface area contributed by atoms with Crippen molar-refractivity contribution in [2.45, 2.75) is 13.3 Å². The zero-order valence-corrected chi connectivity index (χ0v) is 11.3. The zero-order chi connectivity index (χ0) is 13.3. The molecule has 0 N–H and O–H groups in total. The van der Waals surface area contributed by atoms with Crippen LogP contribution in [0.5, 0.6) is 5.75 Å². The van der Waals surface area contributed by atoms with Gasteiger partial charge in [0.05, 0.1) is 6.61 Å². The van der Waals surface area contributed by atoms with Gasteiger partial charge in [-0.3, -0.25) is 4.99 Å². The fraction of sp³-hybridized carbons (Fsp3) is 0.235. The molecule has 19 heavy (non-hydrogen) atoms. The van der Waals surface area contributed by atoms with E-state index >= 15 is 0 Å². The topological polar surface area (TPSA) is 21.6 Å². The lowest BCUT2D eigenvalue weighted by Crippen LogP contribution is -2.01. The Morgan fingerprint density at radius 1 is 1.05 bits per heavy atom. The van der Waals surface area contributed by atoms with Crippen LogP contribution in [0, 0.1) is 0 Å². The van der Waals surface area contributed by atoms with Gasteiger partial charge >= 0.3 is 0 Å². The van der Waals surface area contributed by atoms with Crippen LogP contribution in [0.3, 0.4) is 0 Å². The van der Waals surface area contributed by atoms with Gasteiger partial charge in [0.25, 0.3) is 0 Å². The third kappa shape index (κ3) is 4.59. The molecule has 2 heteroatoms. The van der Waals surface area contributed by atoms with Crippen molar-refractivity contribution in [3.63, 3.8) is 0 Å². The third-order valence-corrected chi connectivity index (χ3v) is 2.78. The Balaban J connectivity index is 1.87. The van der Waals surface area contributed by atoms with Gasteiger partial charge < -0.3 is 4.74 Å². The van der Waals surface area contributed by atoms with E-state index in [0.29, 0.717) is 6.61 Å². The van der Waals surface area contributed by atoms with Crippen LogP contribution in [0.15, 0.2) is 59.6 Å². The van der Waals surface area contributed by atoms with E-state index in [-0.39, 0.29) is 0 Å². The molecule has 98 valence electrons. The molecule has 0 aromatic heterocycles.